The normalized spacial score (nSPS) is 20.6. The van der Waals surface area contributed by atoms with Crippen molar-refractivity contribution in [1.82, 2.24) is 14.5 Å². The molecule has 1 unspecified atom stereocenters. The van der Waals surface area contributed by atoms with Crippen LogP contribution in [-0.2, 0) is 14.8 Å². The van der Waals surface area contributed by atoms with Crippen molar-refractivity contribution in [2.24, 2.45) is 5.92 Å². The Bertz CT molecular complexity index is 574. The molecule has 1 N–H and O–H groups in total. The third kappa shape index (κ3) is 3.22. The van der Waals surface area contributed by atoms with E-state index in [1.54, 1.807) is 0 Å². The standard InChI is InChI=1S/C9H13ClN4O3S2/c1-6(15)11-8-12-13-9(18-8)19(16,17)14-3-2-7(4-10)5-14/h7H,2-5H2,1H3,(H,11,12,15). The quantitative estimate of drug-likeness (QED) is 0.651. The number of halogens is 1. The van der Waals surface area contributed by atoms with Crippen molar-refractivity contribution in [3.8, 4) is 0 Å². The van der Waals surface area contributed by atoms with Gasteiger partial charge in [0.25, 0.3) is 10.0 Å². The molecule has 0 spiro atoms. The Balaban J connectivity index is 2.16. The number of nitrogens with one attached hydrogen (secondary N) is 1. The van der Waals surface area contributed by atoms with Crippen LogP contribution < -0.4 is 5.32 Å². The largest absolute Gasteiger partial charge is 0.301 e. The molecular formula is C9H13ClN4O3S2. The number of rotatable bonds is 4. The van der Waals surface area contributed by atoms with E-state index in [4.69, 9.17) is 11.6 Å². The molecule has 2 heterocycles. The van der Waals surface area contributed by atoms with Crippen molar-refractivity contribution in [2.45, 2.75) is 17.7 Å². The summed E-state index contributed by atoms with van der Waals surface area (Å²) >= 11 is 6.58. The van der Waals surface area contributed by atoms with Gasteiger partial charge in [0.15, 0.2) is 0 Å². The number of hydrogen-bond donors (Lipinski definition) is 1. The summed E-state index contributed by atoms with van der Waals surface area (Å²) < 4.78 is 25.8. The smallest absolute Gasteiger partial charge is 0.272 e. The Morgan fingerprint density at radius 1 is 1.58 bits per heavy atom. The average molecular weight is 325 g/mol. The van der Waals surface area contributed by atoms with Crippen LogP contribution >= 0.6 is 22.9 Å². The fourth-order valence-electron chi connectivity index (χ4n) is 1.77. The number of nitrogens with zero attached hydrogens (tertiary/aromatic N) is 3. The Morgan fingerprint density at radius 3 is 2.89 bits per heavy atom. The van der Waals surface area contributed by atoms with Gasteiger partial charge in [0.05, 0.1) is 0 Å². The summed E-state index contributed by atoms with van der Waals surface area (Å²) in [5.74, 6) is 0.307. The fraction of sp³-hybridized carbons (Fsp3) is 0.667. The lowest BCUT2D eigenvalue weighted by molar-refractivity contribution is -0.114. The van der Waals surface area contributed by atoms with Crippen LogP contribution in [0.3, 0.4) is 0 Å². The van der Waals surface area contributed by atoms with Gasteiger partial charge in [0, 0.05) is 25.9 Å². The number of carbonyl (C=O) groups is 1. The lowest BCUT2D eigenvalue weighted by atomic mass is 10.2. The van der Waals surface area contributed by atoms with Crippen LogP contribution in [0.25, 0.3) is 0 Å². The van der Waals surface area contributed by atoms with Gasteiger partial charge >= 0.3 is 0 Å². The summed E-state index contributed by atoms with van der Waals surface area (Å²) in [4.78, 5) is 10.9. The zero-order valence-electron chi connectivity index (χ0n) is 10.2. The minimum atomic E-state index is -3.63. The van der Waals surface area contributed by atoms with Crippen LogP contribution in [0.1, 0.15) is 13.3 Å². The first kappa shape index (κ1) is 14.6. The molecule has 2 rings (SSSR count). The average Bonchev–Trinajstić information content (AvgIpc) is 2.96. The zero-order chi connectivity index (χ0) is 14.0. The van der Waals surface area contributed by atoms with Crippen LogP contribution in [0, 0.1) is 5.92 Å². The third-order valence-corrected chi connectivity index (χ3v) is 6.20. The minimum absolute atomic E-state index is 0.105. The molecule has 0 radical (unpaired) electrons. The molecular weight excluding hydrogens is 312 g/mol. The van der Waals surface area contributed by atoms with Gasteiger partial charge in [-0.05, 0) is 12.3 Å². The lowest BCUT2D eigenvalue weighted by Gasteiger charge is -2.13. The second-order valence-corrected chi connectivity index (χ2v) is 7.62. The first-order chi connectivity index (χ1) is 8.93. The molecule has 1 amide bonds. The topological polar surface area (TPSA) is 92.3 Å². The zero-order valence-corrected chi connectivity index (χ0v) is 12.6. The van der Waals surface area contributed by atoms with Gasteiger partial charge in [-0.15, -0.1) is 21.8 Å². The SMILES string of the molecule is CC(=O)Nc1nnc(S(=O)(=O)N2CCC(CCl)C2)s1. The van der Waals surface area contributed by atoms with Gasteiger partial charge in [0.1, 0.15) is 0 Å². The van der Waals surface area contributed by atoms with E-state index in [2.05, 4.69) is 15.5 Å². The van der Waals surface area contributed by atoms with Crippen LogP contribution in [0.5, 0.6) is 0 Å². The van der Waals surface area contributed by atoms with Gasteiger partial charge < -0.3 is 5.32 Å². The van der Waals surface area contributed by atoms with Crippen molar-refractivity contribution < 1.29 is 13.2 Å². The van der Waals surface area contributed by atoms with Crippen LogP contribution in [0.4, 0.5) is 5.13 Å². The Morgan fingerprint density at radius 2 is 2.32 bits per heavy atom. The van der Waals surface area contributed by atoms with E-state index < -0.39 is 10.0 Å². The van der Waals surface area contributed by atoms with Crippen molar-refractivity contribution in [1.29, 1.82) is 0 Å². The summed E-state index contributed by atoms with van der Waals surface area (Å²) in [6.07, 6.45) is 0.750. The molecule has 0 aromatic carbocycles. The first-order valence-corrected chi connectivity index (χ1v) is 8.40. The predicted molar refractivity (Wildman–Crippen MR) is 71.8 cm³/mol. The maximum Gasteiger partial charge on any atom is 0.272 e. The van der Waals surface area contributed by atoms with E-state index in [-0.39, 0.29) is 21.3 Å². The monoisotopic (exact) mass is 324 g/mol. The first-order valence-electron chi connectivity index (χ1n) is 5.60. The van der Waals surface area contributed by atoms with Crippen LogP contribution in [0.15, 0.2) is 4.34 Å². The van der Waals surface area contributed by atoms with Crippen LogP contribution in [0.2, 0.25) is 0 Å². The molecule has 106 valence electrons. The summed E-state index contributed by atoms with van der Waals surface area (Å²) in [5, 5.41) is 9.85. The van der Waals surface area contributed by atoms with E-state index in [1.165, 1.54) is 11.2 Å². The van der Waals surface area contributed by atoms with Crippen molar-refractivity contribution in [3.63, 3.8) is 0 Å². The predicted octanol–water partition coefficient (Wildman–Crippen LogP) is 0.746. The number of aromatic nitrogens is 2. The second-order valence-electron chi connectivity index (χ2n) is 4.23. The second kappa shape index (κ2) is 5.70. The minimum Gasteiger partial charge on any atom is -0.301 e. The van der Waals surface area contributed by atoms with E-state index in [0.29, 0.717) is 19.0 Å². The number of amides is 1. The Hall–Kier alpha value is -0.770. The highest BCUT2D eigenvalue weighted by molar-refractivity contribution is 7.91. The van der Waals surface area contributed by atoms with Gasteiger partial charge in [-0.1, -0.05) is 11.3 Å². The summed E-state index contributed by atoms with van der Waals surface area (Å²) in [7, 11) is -3.63. The number of anilines is 1. The van der Waals surface area contributed by atoms with Crippen molar-refractivity contribution >= 4 is 44.0 Å². The number of hydrogen-bond acceptors (Lipinski definition) is 6. The molecule has 1 aromatic heterocycles. The highest BCUT2D eigenvalue weighted by Gasteiger charge is 2.34. The van der Waals surface area contributed by atoms with E-state index in [0.717, 1.165) is 17.8 Å². The lowest BCUT2D eigenvalue weighted by Crippen LogP contribution is -2.29. The Labute approximate surface area is 120 Å². The van der Waals surface area contributed by atoms with Crippen LogP contribution in [-0.4, -0.2) is 47.8 Å². The number of sulfonamides is 1. The maximum absolute atomic E-state index is 12.3. The summed E-state index contributed by atoms with van der Waals surface area (Å²) in [5.41, 5.74) is 0. The van der Waals surface area contributed by atoms with Gasteiger partial charge in [-0.25, -0.2) is 8.42 Å². The van der Waals surface area contributed by atoms with Crippen molar-refractivity contribution in [3.05, 3.63) is 0 Å². The molecule has 0 bridgehead atoms. The molecule has 0 aliphatic carbocycles. The number of alkyl halides is 1. The van der Waals surface area contributed by atoms with E-state index >= 15 is 0 Å². The fourth-order valence-corrected chi connectivity index (χ4v) is 4.63. The molecule has 10 heteroatoms. The molecule has 7 nitrogen and oxygen atoms in total. The molecule has 19 heavy (non-hydrogen) atoms. The highest BCUT2D eigenvalue weighted by Crippen LogP contribution is 2.28. The molecule has 1 aromatic rings. The van der Waals surface area contributed by atoms with Gasteiger partial charge in [-0.3, -0.25) is 4.79 Å². The third-order valence-electron chi connectivity index (χ3n) is 2.72. The highest BCUT2D eigenvalue weighted by atomic mass is 35.5. The van der Waals surface area contributed by atoms with Gasteiger partial charge in [0.2, 0.25) is 15.4 Å². The molecule has 1 saturated heterocycles. The molecule has 1 fully saturated rings. The number of carbonyl (C=O) groups excluding carboxylic acids is 1. The van der Waals surface area contributed by atoms with E-state index in [1.807, 2.05) is 0 Å². The molecule has 1 atom stereocenters. The van der Waals surface area contributed by atoms with Crippen molar-refractivity contribution in [2.75, 3.05) is 24.3 Å². The summed E-state index contributed by atoms with van der Waals surface area (Å²) in [6.45, 7) is 2.16. The van der Waals surface area contributed by atoms with E-state index in [9.17, 15) is 13.2 Å². The molecule has 1 aliphatic heterocycles. The Kier molecular flexibility index (Phi) is 4.39. The van der Waals surface area contributed by atoms with Gasteiger partial charge in [-0.2, -0.15) is 4.31 Å². The maximum atomic E-state index is 12.3. The summed E-state index contributed by atoms with van der Waals surface area (Å²) in [6, 6.07) is 0. The molecule has 0 saturated carbocycles. The molecule has 1 aliphatic rings.